The zero-order chi connectivity index (χ0) is 3.58. The minimum atomic E-state index is -1.08. The fourth-order valence-corrected chi connectivity index (χ4v) is 0. The molecule has 0 unspecified atom stereocenters. The molecule has 0 aliphatic rings. The van der Waals surface area contributed by atoms with Gasteiger partial charge in [-0.2, -0.15) is 0 Å². The molecule has 0 saturated carbocycles. The van der Waals surface area contributed by atoms with E-state index in [1.165, 1.54) is 0 Å². The second-order valence-electron chi connectivity index (χ2n) is 0.492. The number of halogens is 1. The van der Waals surface area contributed by atoms with Crippen LogP contribution in [0.3, 0.4) is 0 Å². The number of rotatable bonds is 0. The van der Waals surface area contributed by atoms with Crippen molar-refractivity contribution in [2.24, 2.45) is 0 Å². The Kier molecular flexibility index (Phi) is 24.3. The smallest absolute Gasteiger partial charge is 1.00 e. The standard InChI is InChI=1S/C2H4O2.BrH.Cu/c1-2(3)4;;/h1H3,(H,3,4);1H;/q;;+2/p-2. The summed E-state index contributed by atoms with van der Waals surface area (Å²) in [6.07, 6.45) is 0. The number of carboxylic acid groups (broad SMARTS) is 1. The van der Waals surface area contributed by atoms with Crippen LogP contribution in [0.1, 0.15) is 6.92 Å². The largest absolute Gasteiger partial charge is 2.00 e. The predicted octanol–water partition coefficient (Wildman–Crippen LogP) is -4.24. The van der Waals surface area contributed by atoms with Crippen molar-refractivity contribution in [2.45, 2.75) is 6.92 Å². The van der Waals surface area contributed by atoms with Crippen LogP contribution in [-0.4, -0.2) is 5.97 Å². The maximum absolute atomic E-state index is 8.89. The quantitative estimate of drug-likeness (QED) is 0.374. The summed E-state index contributed by atoms with van der Waals surface area (Å²) in [5.41, 5.74) is 0. The van der Waals surface area contributed by atoms with Crippen LogP contribution in [-0.2, 0) is 21.9 Å². The van der Waals surface area contributed by atoms with Gasteiger partial charge in [-0.1, -0.05) is 0 Å². The fourth-order valence-electron chi connectivity index (χ4n) is 0. The molecule has 0 saturated heterocycles. The molecule has 41 valence electrons. The third kappa shape index (κ3) is 244. The van der Waals surface area contributed by atoms with Gasteiger partial charge in [0.15, 0.2) is 0 Å². The molecule has 0 bridgehead atoms. The van der Waals surface area contributed by atoms with Gasteiger partial charge in [-0.25, -0.2) is 0 Å². The van der Waals surface area contributed by atoms with Gasteiger partial charge in [0.1, 0.15) is 0 Å². The van der Waals surface area contributed by atoms with E-state index in [2.05, 4.69) is 0 Å². The first kappa shape index (κ1) is 16.1. The van der Waals surface area contributed by atoms with E-state index in [9.17, 15) is 0 Å². The van der Waals surface area contributed by atoms with Crippen molar-refractivity contribution >= 4 is 5.97 Å². The summed E-state index contributed by atoms with van der Waals surface area (Å²) in [5, 5.41) is 8.89. The summed E-state index contributed by atoms with van der Waals surface area (Å²) in [6, 6.07) is 0. The van der Waals surface area contributed by atoms with Crippen LogP contribution in [0.15, 0.2) is 0 Å². The summed E-state index contributed by atoms with van der Waals surface area (Å²) in [5.74, 6) is -1.08. The molecule has 0 N–H and O–H groups in total. The minimum Gasteiger partial charge on any atom is -1.00 e. The Morgan fingerprint density at radius 2 is 1.67 bits per heavy atom. The summed E-state index contributed by atoms with van der Waals surface area (Å²) in [6.45, 7) is 0.972. The molecular formula is C2H3BrCuO2. The number of hydrogen-bond donors (Lipinski definition) is 0. The van der Waals surface area contributed by atoms with Crippen molar-refractivity contribution in [1.82, 2.24) is 0 Å². The summed E-state index contributed by atoms with van der Waals surface area (Å²) < 4.78 is 0. The van der Waals surface area contributed by atoms with Crippen molar-refractivity contribution in [2.75, 3.05) is 0 Å². The van der Waals surface area contributed by atoms with Crippen LogP contribution in [0.2, 0.25) is 0 Å². The number of carbonyl (C=O) groups is 1. The second-order valence-corrected chi connectivity index (χ2v) is 0.492. The van der Waals surface area contributed by atoms with Gasteiger partial charge >= 0.3 is 17.1 Å². The monoisotopic (exact) mass is 201 g/mol. The van der Waals surface area contributed by atoms with Gasteiger partial charge in [0.05, 0.1) is 0 Å². The average Bonchev–Trinajstić information content (AvgIpc) is 0.811. The molecular weight excluding hydrogens is 199 g/mol. The molecule has 0 amide bonds. The molecule has 0 aromatic heterocycles. The van der Waals surface area contributed by atoms with Crippen molar-refractivity contribution in [3.05, 3.63) is 0 Å². The maximum Gasteiger partial charge on any atom is 2.00 e. The van der Waals surface area contributed by atoms with Crippen molar-refractivity contribution in [1.29, 1.82) is 0 Å². The Balaban J connectivity index is -0.0000000450. The molecule has 0 aliphatic carbocycles. The molecule has 0 spiro atoms. The Morgan fingerprint density at radius 3 is 1.67 bits per heavy atom. The van der Waals surface area contributed by atoms with Crippen LogP contribution in [0, 0.1) is 0 Å². The first-order valence-electron chi connectivity index (χ1n) is 0.908. The minimum absolute atomic E-state index is 0. The van der Waals surface area contributed by atoms with Crippen molar-refractivity contribution in [3.63, 3.8) is 0 Å². The summed E-state index contributed by atoms with van der Waals surface area (Å²) in [4.78, 5) is 8.89. The third-order valence-electron chi connectivity index (χ3n) is 0. The third-order valence-corrected chi connectivity index (χ3v) is 0. The zero-order valence-electron chi connectivity index (χ0n) is 3.00. The van der Waals surface area contributed by atoms with E-state index in [0.29, 0.717) is 0 Å². The fraction of sp³-hybridized carbons (Fsp3) is 0.500. The van der Waals surface area contributed by atoms with E-state index in [1.54, 1.807) is 0 Å². The Labute approximate surface area is 57.2 Å². The molecule has 0 heterocycles. The molecule has 4 heteroatoms. The molecule has 0 aliphatic heterocycles. The number of carbonyl (C=O) groups excluding carboxylic acids is 1. The average molecular weight is 202 g/mol. The Hall–Kier alpha value is 0.469. The molecule has 6 heavy (non-hydrogen) atoms. The van der Waals surface area contributed by atoms with E-state index in [1.807, 2.05) is 0 Å². The first-order valence-corrected chi connectivity index (χ1v) is 0.908. The molecule has 0 aromatic carbocycles. The van der Waals surface area contributed by atoms with E-state index >= 15 is 0 Å². The second kappa shape index (κ2) is 9.08. The van der Waals surface area contributed by atoms with Crippen LogP contribution in [0.25, 0.3) is 0 Å². The van der Waals surface area contributed by atoms with Crippen molar-refractivity contribution < 1.29 is 44.0 Å². The normalized spacial score (nSPS) is 4.17. The van der Waals surface area contributed by atoms with Gasteiger partial charge in [0.25, 0.3) is 0 Å². The van der Waals surface area contributed by atoms with Gasteiger partial charge in [0, 0.05) is 5.97 Å². The van der Waals surface area contributed by atoms with E-state index < -0.39 is 5.97 Å². The Morgan fingerprint density at radius 1 is 1.67 bits per heavy atom. The molecule has 1 radical (unpaired) electrons. The van der Waals surface area contributed by atoms with Crippen LogP contribution < -0.4 is 22.1 Å². The number of aliphatic carboxylic acids is 1. The molecule has 0 fully saturated rings. The molecule has 2 nitrogen and oxygen atoms in total. The number of hydrogen-bond acceptors (Lipinski definition) is 2. The topological polar surface area (TPSA) is 40.1 Å². The zero-order valence-corrected chi connectivity index (χ0v) is 5.52. The van der Waals surface area contributed by atoms with Crippen LogP contribution in [0.4, 0.5) is 0 Å². The maximum atomic E-state index is 8.89. The SMILES string of the molecule is CC(=O)[O-].[Br-].[Cu+2]. The molecule has 0 aromatic rings. The van der Waals surface area contributed by atoms with Gasteiger partial charge in [-0.15, -0.1) is 0 Å². The molecule has 0 atom stereocenters. The Bertz CT molecular complexity index is 34.5. The van der Waals surface area contributed by atoms with Gasteiger partial charge in [0.2, 0.25) is 0 Å². The summed E-state index contributed by atoms with van der Waals surface area (Å²) in [7, 11) is 0. The molecule has 0 rings (SSSR count). The van der Waals surface area contributed by atoms with Crippen LogP contribution >= 0.6 is 0 Å². The number of carboxylic acids is 1. The first-order chi connectivity index (χ1) is 1.73. The van der Waals surface area contributed by atoms with Gasteiger partial charge < -0.3 is 26.9 Å². The van der Waals surface area contributed by atoms with Gasteiger partial charge in [-0.05, 0) is 6.92 Å². The van der Waals surface area contributed by atoms with Gasteiger partial charge in [-0.3, -0.25) is 0 Å². The summed E-state index contributed by atoms with van der Waals surface area (Å²) >= 11 is 0. The van der Waals surface area contributed by atoms with E-state index in [4.69, 9.17) is 9.90 Å². The van der Waals surface area contributed by atoms with Crippen molar-refractivity contribution in [3.8, 4) is 0 Å². The van der Waals surface area contributed by atoms with Crippen LogP contribution in [0.5, 0.6) is 0 Å². The van der Waals surface area contributed by atoms with E-state index in [0.717, 1.165) is 6.92 Å². The predicted molar refractivity (Wildman–Crippen MR) is 10.7 cm³/mol. The van der Waals surface area contributed by atoms with E-state index in [-0.39, 0.29) is 34.1 Å².